The Balaban J connectivity index is 1.83. The number of benzene rings is 3. The van der Waals surface area contributed by atoms with E-state index >= 15 is 0 Å². The van der Waals surface area contributed by atoms with Crippen LogP contribution in [0.25, 0.3) is 0 Å². The summed E-state index contributed by atoms with van der Waals surface area (Å²) in [6.07, 6.45) is 0.139. The monoisotopic (exact) mass is 700 g/mol. The maximum atomic E-state index is 14.9. The number of nitrogens with one attached hydrogen (secondary N) is 1. The van der Waals surface area contributed by atoms with E-state index in [0.717, 1.165) is 11.1 Å². The standard InChI is InChI=1S/C36H42Cl2N2O6S/c1-22(2)31(21-47(44,45)23(3)4)40-33(24-10-14-27(37)15-11-24)30(26-8-7-9-28(38)18-26)19-36(5,35(40)43)20-32(41)39-29-16-12-25(13-17-29)34(42)46-6/h7-18,22-23,30-31,33H,19-21H2,1-6H3,(H,39,41)/t30?,31-,33-,36-/m1/s1. The fourth-order valence-electron chi connectivity index (χ4n) is 6.30. The molecule has 0 aromatic heterocycles. The number of ether oxygens (including phenoxy) is 1. The highest BCUT2D eigenvalue weighted by molar-refractivity contribution is 7.92. The first-order chi connectivity index (χ1) is 22.1. The molecule has 1 fully saturated rings. The highest BCUT2D eigenvalue weighted by atomic mass is 35.5. The lowest BCUT2D eigenvalue weighted by atomic mass is 9.66. The summed E-state index contributed by atoms with van der Waals surface area (Å²) in [5.41, 5.74) is 1.26. The lowest BCUT2D eigenvalue weighted by Gasteiger charge is -2.53. The average molecular weight is 702 g/mol. The molecule has 0 radical (unpaired) electrons. The predicted octanol–water partition coefficient (Wildman–Crippen LogP) is 7.72. The number of carbonyl (C=O) groups excluding carboxylic acids is 3. The summed E-state index contributed by atoms with van der Waals surface area (Å²) in [5, 5.41) is 3.28. The van der Waals surface area contributed by atoms with Gasteiger partial charge in [-0.1, -0.05) is 68.2 Å². The van der Waals surface area contributed by atoms with E-state index in [0.29, 0.717) is 27.7 Å². The molecular weight excluding hydrogens is 659 g/mol. The fraction of sp³-hybridized carbons (Fsp3) is 0.417. The summed E-state index contributed by atoms with van der Waals surface area (Å²) in [4.78, 5) is 42.1. The first-order valence-corrected chi connectivity index (χ1v) is 18.1. The van der Waals surface area contributed by atoms with Crippen LogP contribution in [0, 0.1) is 11.3 Å². The number of nitrogens with zero attached hydrogens (tertiary/aromatic N) is 1. The number of hydrogen-bond donors (Lipinski definition) is 1. The lowest BCUT2D eigenvalue weighted by Crippen LogP contribution is -2.59. The van der Waals surface area contributed by atoms with Gasteiger partial charge in [0.1, 0.15) is 0 Å². The van der Waals surface area contributed by atoms with Crippen LogP contribution in [0.5, 0.6) is 0 Å². The van der Waals surface area contributed by atoms with Crippen molar-refractivity contribution in [1.82, 2.24) is 4.90 Å². The van der Waals surface area contributed by atoms with Crippen molar-refractivity contribution in [3.63, 3.8) is 0 Å². The molecule has 1 aliphatic heterocycles. The Labute approximate surface area is 287 Å². The van der Waals surface area contributed by atoms with Crippen LogP contribution in [0.1, 0.15) is 80.9 Å². The van der Waals surface area contributed by atoms with Gasteiger partial charge in [0.15, 0.2) is 9.84 Å². The number of anilines is 1. The first-order valence-electron chi connectivity index (χ1n) is 15.6. The van der Waals surface area contributed by atoms with E-state index in [1.807, 2.05) is 44.2 Å². The van der Waals surface area contributed by atoms with E-state index in [-0.39, 0.29) is 29.9 Å². The molecule has 47 heavy (non-hydrogen) atoms. The van der Waals surface area contributed by atoms with Crippen molar-refractivity contribution in [2.45, 2.75) is 70.7 Å². The molecule has 8 nitrogen and oxygen atoms in total. The minimum Gasteiger partial charge on any atom is -0.465 e. The summed E-state index contributed by atoms with van der Waals surface area (Å²) < 4.78 is 31.6. The van der Waals surface area contributed by atoms with Gasteiger partial charge in [0.05, 0.1) is 35.1 Å². The number of carbonyl (C=O) groups is 3. The average Bonchev–Trinajstić information content (AvgIpc) is 3.01. The van der Waals surface area contributed by atoms with E-state index < -0.39 is 44.5 Å². The summed E-state index contributed by atoms with van der Waals surface area (Å²) in [5.74, 6) is -1.99. The number of piperidine rings is 1. The minimum absolute atomic E-state index is 0.159. The number of methoxy groups -OCH3 is 1. The van der Waals surface area contributed by atoms with Crippen molar-refractivity contribution in [1.29, 1.82) is 0 Å². The highest BCUT2D eigenvalue weighted by Crippen LogP contribution is 2.52. The molecule has 4 rings (SSSR count). The SMILES string of the molecule is COC(=O)c1ccc(NC(=O)C[C@@]2(C)CC(c3cccc(Cl)c3)[C@@H](c3ccc(Cl)cc3)N([C@H](CS(=O)(=O)C(C)C)C(C)C)C2=O)cc1. The maximum absolute atomic E-state index is 14.9. The molecule has 3 aromatic rings. The zero-order valence-corrected chi connectivity index (χ0v) is 29.8. The maximum Gasteiger partial charge on any atom is 0.337 e. The summed E-state index contributed by atoms with van der Waals surface area (Å²) in [6.45, 7) is 8.88. The third kappa shape index (κ3) is 8.37. The van der Waals surface area contributed by atoms with Crippen molar-refractivity contribution in [3.05, 3.63) is 99.5 Å². The predicted molar refractivity (Wildman–Crippen MR) is 187 cm³/mol. The van der Waals surface area contributed by atoms with Crippen LogP contribution in [0.2, 0.25) is 10.0 Å². The number of amides is 2. The van der Waals surface area contributed by atoms with Gasteiger partial charge in [0, 0.05) is 34.1 Å². The van der Waals surface area contributed by atoms with Crippen LogP contribution in [0.3, 0.4) is 0 Å². The van der Waals surface area contributed by atoms with E-state index in [1.54, 1.807) is 68.1 Å². The van der Waals surface area contributed by atoms with Gasteiger partial charge in [0.25, 0.3) is 0 Å². The molecule has 0 spiro atoms. The Morgan fingerprint density at radius 2 is 1.60 bits per heavy atom. The van der Waals surface area contributed by atoms with E-state index in [1.165, 1.54) is 7.11 Å². The molecular formula is C36H42Cl2N2O6S. The Kier molecular flexibility index (Phi) is 11.5. The van der Waals surface area contributed by atoms with Crippen molar-refractivity contribution in [2.75, 3.05) is 18.2 Å². The number of esters is 1. The Morgan fingerprint density at radius 1 is 0.957 bits per heavy atom. The second-order valence-electron chi connectivity index (χ2n) is 13.1. The van der Waals surface area contributed by atoms with Crippen molar-refractivity contribution in [3.8, 4) is 0 Å². The van der Waals surface area contributed by atoms with E-state index in [9.17, 15) is 22.8 Å². The first kappa shape index (κ1) is 36.4. The summed E-state index contributed by atoms with van der Waals surface area (Å²) in [7, 11) is -2.29. The molecule has 4 atom stereocenters. The van der Waals surface area contributed by atoms with E-state index in [4.69, 9.17) is 27.9 Å². The fourth-order valence-corrected chi connectivity index (χ4v) is 8.03. The summed E-state index contributed by atoms with van der Waals surface area (Å²) in [6, 6.07) is 19.7. The van der Waals surface area contributed by atoms with Crippen LogP contribution in [-0.2, 0) is 24.2 Å². The Morgan fingerprint density at radius 3 is 2.15 bits per heavy atom. The van der Waals surface area contributed by atoms with Gasteiger partial charge in [-0.3, -0.25) is 9.59 Å². The van der Waals surface area contributed by atoms with Crippen LogP contribution in [0.15, 0.2) is 72.8 Å². The van der Waals surface area contributed by atoms with Gasteiger partial charge < -0.3 is 15.0 Å². The zero-order chi connectivity index (χ0) is 34.7. The molecule has 1 heterocycles. The smallest absolute Gasteiger partial charge is 0.337 e. The molecule has 1 aliphatic rings. The molecule has 11 heteroatoms. The van der Waals surface area contributed by atoms with Gasteiger partial charge in [0.2, 0.25) is 11.8 Å². The van der Waals surface area contributed by atoms with Crippen LogP contribution >= 0.6 is 23.2 Å². The van der Waals surface area contributed by atoms with E-state index in [2.05, 4.69) is 5.32 Å². The molecule has 3 aromatic carbocycles. The summed E-state index contributed by atoms with van der Waals surface area (Å²) >= 11 is 12.8. The molecule has 1 unspecified atom stereocenters. The zero-order valence-electron chi connectivity index (χ0n) is 27.5. The second kappa shape index (κ2) is 14.8. The van der Waals surface area contributed by atoms with Crippen molar-refractivity contribution < 1.29 is 27.5 Å². The largest absolute Gasteiger partial charge is 0.465 e. The lowest BCUT2D eigenvalue weighted by molar-refractivity contribution is -0.157. The van der Waals surface area contributed by atoms with Gasteiger partial charge in [-0.15, -0.1) is 0 Å². The number of rotatable bonds is 11. The number of hydrogen-bond acceptors (Lipinski definition) is 6. The number of likely N-dealkylation sites (tertiary alicyclic amines) is 1. The highest BCUT2D eigenvalue weighted by Gasteiger charge is 2.53. The molecule has 0 saturated carbocycles. The second-order valence-corrected chi connectivity index (χ2v) is 16.6. The normalized spacial score (nSPS) is 20.7. The Bertz CT molecular complexity index is 1710. The van der Waals surface area contributed by atoms with Gasteiger partial charge in [-0.25, -0.2) is 13.2 Å². The third-order valence-electron chi connectivity index (χ3n) is 8.98. The molecule has 0 bridgehead atoms. The molecule has 1 saturated heterocycles. The van der Waals surface area contributed by atoms with Gasteiger partial charge in [-0.05, 0) is 85.8 Å². The van der Waals surface area contributed by atoms with Crippen molar-refractivity contribution in [2.24, 2.45) is 11.3 Å². The van der Waals surface area contributed by atoms with Crippen LogP contribution in [-0.4, -0.2) is 55.3 Å². The quantitative estimate of drug-likeness (QED) is 0.205. The molecule has 2 amide bonds. The van der Waals surface area contributed by atoms with Crippen LogP contribution < -0.4 is 5.32 Å². The molecule has 1 N–H and O–H groups in total. The van der Waals surface area contributed by atoms with Crippen molar-refractivity contribution >= 4 is 56.5 Å². The van der Waals surface area contributed by atoms with Gasteiger partial charge >= 0.3 is 5.97 Å². The number of halogens is 2. The molecule has 0 aliphatic carbocycles. The Hall–Kier alpha value is -3.40. The van der Waals surface area contributed by atoms with Gasteiger partial charge in [-0.2, -0.15) is 0 Å². The third-order valence-corrected chi connectivity index (χ3v) is 11.7. The number of sulfone groups is 1. The molecule has 252 valence electrons. The minimum atomic E-state index is -3.58. The van der Waals surface area contributed by atoms with Crippen LogP contribution in [0.4, 0.5) is 5.69 Å². The topological polar surface area (TPSA) is 110 Å².